The molecule has 3 unspecified atom stereocenters. The smallest absolute Gasteiger partial charge is 0.243 e. The van der Waals surface area contributed by atoms with Gasteiger partial charge in [-0.25, -0.2) is 0 Å². The van der Waals surface area contributed by atoms with Crippen molar-refractivity contribution in [2.24, 2.45) is 4.99 Å². The van der Waals surface area contributed by atoms with Gasteiger partial charge >= 0.3 is 0 Å². The van der Waals surface area contributed by atoms with Gasteiger partial charge in [-0.15, -0.1) is 30.4 Å². The largest absolute Gasteiger partial charge is 0.354 e. The van der Waals surface area contributed by atoms with Crippen LogP contribution in [0.2, 0.25) is 0 Å². The van der Waals surface area contributed by atoms with Gasteiger partial charge in [-0.3, -0.25) is 14.0 Å². The van der Waals surface area contributed by atoms with E-state index in [1.165, 1.54) is 0 Å². The number of hydrogen-bond donors (Lipinski definition) is 3. The Kier molecular flexibility index (Phi) is 11.2. The van der Waals surface area contributed by atoms with Gasteiger partial charge in [0.05, 0.1) is 6.54 Å². The topological polar surface area (TPSA) is 82.6 Å². The monoisotopic (exact) mass is 516 g/mol. The van der Waals surface area contributed by atoms with E-state index in [1.807, 2.05) is 13.0 Å². The number of rotatable bonds is 6. The Morgan fingerprint density at radius 1 is 1.39 bits per heavy atom. The molecule has 0 heterocycles. The molecule has 8 heteroatoms. The molecular formula is C20H29IN4O2S. The molecule has 6 nitrogen and oxygen atoms in total. The average Bonchev–Trinajstić information content (AvgIpc) is 2.70. The van der Waals surface area contributed by atoms with Gasteiger partial charge in [0.15, 0.2) is 5.96 Å². The molecule has 0 aliphatic heterocycles. The molecule has 1 aliphatic rings. The fraction of sp³-hybridized carbons (Fsp3) is 0.500. The van der Waals surface area contributed by atoms with Gasteiger partial charge in [-0.1, -0.05) is 25.3 Å². The second kappa shape index (κ2) is 12.8. The Morgan fingerprint density at radius 2 is 2.18 bits per heavy atom. The number of guanidine groups is 1. The van der Waals surface area contributed by atoms with Crippen LogP contribution in [0.15, 0.2) is 29.3 Å². The maximum atomic E-state index is 12.2. The van der Waals surface area contributed by atoms with Gasteiger partial charge in [0, 0.05) is 46.1 Å². The third kappa shape index (κ3) is 7.80. The standard InChI is InChI=1S/C20H28N4O2S.HI/c1-4-15-8-6-9-16(12-15)23-19(25)14-22-20(21-3)24-17-10-7-11-18(13-17)27(26)5-2;/h1,6,8-9,12,17-18H,5,7,10-11,13-14H2,2-3H3,(H,23,25)(H2,21,22,24);1H. The third-order valence-corrected chi connectivity index (χ3v) is 6.32. The lowest BCUT2D eigenvalue weighted by Gasteiger charge is -2.30. The van der Waals surface area contributed by atoms with Crippen molar-refractivity contribution in [3.63, 3.8) is 0 Å². The van der Waals surface area contributed by atoms with E-state index in [0.29, 0.717) is 17.4 Å². The van der Waals surface area contributed by atoms with Crippen molar-refractivity contribution >= 4 is 52.3 Å². The number of aliphatic imine (C=N–C) groups is 1. The highest BCUT2D eigenvalue weighted by molar-refractivity contribution is 14.0. The molecular weight excluding hydrogens is 487 g/mol. The lowest BCUT2D eigenvalue weighted by atomic mass is 9.95. The van der Waals surface area contributed by atoms with Gasteiger partial charge < -0.3 is 16.0 Å². The van der Waals surface area contributed by atoms with E-state index in [9.17, 15) is 9.00 Å². The lowest BCUT2D eigenvalue weighted by molar-refractivity contribution is -0.115. The number of anilines is 1. The average molecular weight is 516 g/mol. The van der Waals surface area contributed by atoms with Crippen molar-refractivity contribution < 1.29 is 9.00 Å². The van der Waals surface area contributed by atoms with Gasteiger partial charge in [0.1, 0.15) is 0 Å². The third-order valence-electron chi connectivity index (χ3n) is 4.58. The minimum Gasteiger partial charge on any atom is -0.354 e. The minimum absolute atomic E-state index is 0. The number of carbonyl (C=O) groups is 1. The van der Waals surface area contributed by atoms with Crippen LogP contribution in [0.1, 0.15) is 38.2 Å². The first kappa shape index (κ1) is 24.4. The van der Waals surface area contributed by atoms with Crippen LogP contribution in [-0.4, -0.2) is 46.7 Å². The molecule has 3 atom stereocenters. The first-order valence-corrected chi connectivity index (χ1v) is 10.6. The molecule has 28 heavy (non-hydrogen) atoms. The zero-order chi connectivity index (χ0) is 19.6. The minimum atomic E-state index is -0.766. The zero-order valence-electron chi connectivity index (χ0n) is 16.4. The summed E-state index contributed by atoms with van der Waals surface area (Å²) in [6, 6.07) is 7.38. The number of terminal acetylenes is 1. The fourth-order valence-electron chi connectivity index (χ4n) is 3.19. The van der Waals surface area contributed by atoms with E-state index >= 15 is 0 Å². The number of hydrogen-bond acceptors (Lipinski definition) is 3. The van der Waals surface area contributed by atoms with Crippen LogP contribution in [0.3, 0.4) is 0 Å². The number of nitrogens with one attached hydrogen (secondary N) is 3. The van der Waals surface area contributed by atoms with Gasteiger partial charge in [0.25, 0.3) is 0 Å². The molecule has 1 aromatic carbocycles. The summed E-state index contributed by atoms with van der Waals surface area (Å²) in [5.41, 5.74) is 1.38. The predicted octanol–water partition coefficient (Wildman–Crippen LogP) is 2.47. The van der Waals surface area contributed by atoms with E-state index in [0.717, 1.165) is 31.2 Å². The quantitative estimate of drug-likeness (QED) is 0.235. The van der Waals surface area contributed by atoms with Crippen LogP contribution < -0.4 is 16.0 Å². The van der Waals surface area contributed by atoms with Crippen LogP contribution in [-0.2, 0) is 15.6 Å². The summed E-state index contributed by atoms with van der Waals surface area (Å²) in [5, 5.41) is 9.44. The lowest BCUT2D eigenvalue weighted by Crippen LogP contribution is -2.48. The molecule has 3 N–H and O–H groups in total. The van der Waals surface area contributed by atoms with Crippen LogP contribution in [0, 0.1) is 12.3 Å². The summed E-state index contributed by atoms with van der Waals surface area (Å²) in [5.74, 6) is 3.64. The maximum absolute atomic E-state index is 12.2. The Balaban J connectivity index is 0.00000392. The number of benzene rings is 1. The molecule has 0 radical (unpaired) electrons. The molecule has 1 amide bonds. The summed E-state index contributed by atoms with van der Waals surface area (Å²) in [6.45, 7) is 2.06. The highest BCUT2D eigenvalue weighted by atomic mass is 127. The first-order chi connectivity index (χ1) is 13.0. The molecule has 154 valence electrons. The van der Waals surface area contributed by atoms with Gasteiger partial charge in [-0.2, -0.15) is 0 Å². The summed E-state index contributed by atoms with van der Waals surface area (Å²) in [4.78, 5) is 16.3. The van der Waals surface area contributed by atoms with E-state index in [1.54, 1.807) is 25.2 Å². The molecule has 1 aliphatic carbocycles. The molecule has 2 rings (SSSR count). The van der Waals surface area contributed by atoms with Crippen molar-refractivity contribution in [2.45, 2.75) is 43.9 Å². The Labute approximate surface area is 187 Å². The van der Waals surface area contributed by atoms with Crippen LogP contribution >= 0.6 is 24.0 Å². The van der Waals surface area contributed by atoms with Crippen LogP contribution in [0.4, 0.5) is 5.69 Å². The highest BCUT2D eigenvalue weighted by Crippen LogP contribution is 2.22. The molecule has 1 aromatic rings. The summed E-state index contributed by atoms with van der Waals surface area (Å²) < 4.78 is 12.1. The summed E-state index contributed by atoms with van der Waals surface area (Å²) >= 11 is 0. The summed E-state index contributed by atoms with van der Waals surface area (Å²) in [6.07, 6.45) is 9.33. The summed E-state index contributed by atoms with van der Waals surface area (Å²) in [7, 11) is 0.909. The van der Waals surface area contributed by atoms with Crippen molar-refractivity contribution in [1.29, 1.82) is 0 Å². The van der Waals surface area contributed by atoms with Crippen molar-refractivity contribution in [3.05, 3.63) is 29.8 Å². The first-order valence-electron chi connectivity index (χ1n) is 9.26. The fourth-order valence-corrected chi connectivity index (χ4v) is 4.54. The van der Waals surface area contributed by atoms with E-state index in [2.05, 4.69) is 26.9 Å². The second-order valence-corrected chi connectivity index (χ2v) is 8.50. The molecule has 0 bridgehead atoms. The Morgan fingerprint density at radius 3 is 2.86 bits per heavy atom. The van der Waals surface area contributed by atoms with Crippen LogP contribution in [0.5, 0.6) is 0 Å². The van der Waals surface area contributed by atoms with Crippen molar-refractivity contribution in [1.82, 2.24) is 10.6 Å². The zero-order valence-corrected chi connectivity index (χ0v) is 19.5. The van der Waals surface area contributed by atoms with Crippen LogP contribution in [0.25, 0.3) is 0 Å². The number of nitrogens with zero attached hydrogens (tertiary/aromatic N) is 1. The molecule has 0 spiro atoms. The SMILES string of the molecule is C#Cc1cccc(NC(=O)CNC(=NC)NC2CCCC(S(=O)CC)C2)c1.I. The van der Waals surface area contributed by atoms with E-state index in [4.69, 9.17) is 6.42 Å². The van der Waals surface area contributed by atoms with Gasteiger partial charge in [0.2, 0.25) is 5.91 Å². The highest BCUT2D eigenvalue weighted by Gasteiger charge is 2.26. The Hall–Kier alpha value is -1.60. The van der Waals surface area contributed by atoms with E-state index < -0.39 is 10.8 Å². The van der Waals surface area contributed by atoms with Crippen molar-refractivity contribution in [3.8, 4) is 12.3 Å². The van der Waals surface area contributed by atoms with Crippen molar-refractivity contribution in [2.75, 3.05) is 24.7 Å². The predicted molar refractivity (Wildman–Crippen MR) is 128 cm³/mol. The normalized spacial score (nSPS) is 20.2. The maximum Gasteiger partial charge on any atom is 0.243 e. The van der Waals surface area contributed by atoms with E-state index in [-0.39, 0.29) is 47.7 Å². The molecule has 1 saturated carbocycles. The second-order valence-electron chi connectivity index (χ2n) is 6.50. The molecule has 0 aromatic heterocycles. The number of carbonyl (C=O) groups excluding carboxylic acids is 1. The number of amides is 1. The number of halogens is 1. The van der Waals surface area contributed by atoms with Gasteiger partial charge in [-0.05, 0) is 37.5 Å². The Bertz CT molecular complexity index is 748. The molecule has 1 fully saturated rings. The molecule has 0 saturated heterocycles.